The Morgan fingerprint density at radius 3 is 2.54 bits per heavy atom. The Morgan fingerprint density at radius 1 is 1.23 bits per heavy atom. The summed E-state index contributed by atoms with van der Waals surface area (Å²) in [6.07, 6.45) is -1.41. The SMILES string of the molecule is CCCCCNC(=N)N/N=C/c1c[nH]c2ccc(OC)cc12.O=C[C@H](O)[C@@H](O)[C@H](O)[C@H](O)C(=O)O. The summed E-state index contributed by atoms with van der Waals surface area (Å²) in [6, 6.07) is 5.84. The van der Waals surface area contributed by atoms with Crippen LogP contribution in [0.25, 0.3) is 10.9 Å². The molecule has 0 unspecified atom stereocenters. The van der Waals surface area contributed by atoms with Crippen LogP contribution in [-0.4, -0.2) is 93.0 Å². The first-order chi connectivity index (χ1) is 16.7. The van der Waals surface area contributed by atoms with Crippen LogP contribution >= 0.6 is 0 Å². The summed E-state index contributed by atoms with van der Waals surface area (Å²) in [4.78, 5) is 23.1. The second kappa shape index (κ2) is 15.4. The van der Waals surface area contributed by atoms with Gasteiger partial charge in [-0.05, 0) is 24.6 Å². The molecule has 0 aliphatic heterocycles. The summed E-state index contributed by atoms with van der Waals surface area (Å²) in [5.74, 6) is -0.741. The van der Waals surface area contributed by atoms with E-state index >= 15 is 0 Å². The summed E-state index contributed by atoms with van der Waals surface area (Å²) in [5.41, 5.74) is 4.66. The van der Waals surface area contributed by atoms with Crippen LogP contribution in [0.5, 0.6) is 5.75 Å². The van der Waals surface area contributed by atoms with Gasteiger partial charge >= 0.3 is 5.97 Å². The second-order valence-electron chi connectivity index (χ2n) is 7.43. The number of H-pyrrole nitrogens is 1. The van der Waals surface area contributed by atoms with Crippen molar-refractivity contribution in [2.24, 2.45) is 5.10 Å². The molecule has 4 atom stereocenters. The smallest absolute Gasteiger partial charge is 0.335 e. The number of carbonyl (C=O) groups is 2. The van der Waals surface area contributed by atoms with Gasteiger partial charge in [0.25, 0.3) is 0 Å². The fourth-order valence-corrected chi connectivity index (χ4v) is 2.76. The lowest BCUT2D eigenvalue weighted by atomic mass is 10.0. The number of fused-ring (bicyclic) bond motifs is 1. The number of aromatic nitrogens is 1. The lowest BCUT2D eigenvalue weighted by Gasteiger charge is -2.21. The molecule has 35 heavy (non-hydrogen) atoms. The molecule has 0 saturated heterocycles. The van der Waals surface area contributed by atoms with E-state index in [1.54, 1.807) is 13.3 Å². The molecule has 9 N–H and O–H groups in total. The number of carboxylic acid groups (broad SMARTS) is 1. The highest BCUT2D eigenvalue weighted by Gasteiger charge is 2.34. The second-order valence-corrected chi connectivity index (χ2v) is 7.43. The fraction of sp³-hybridized carbons (Fsp3) is 0.455. The Balaban J connectivity index is 0.000000405. The number of carboxylic acids is 1. The molecule has 0 amide bonds. The van der Waals surface area contributed by atoms with Crippen LogP contribution in [0, 0.1) is 5.41 Å². The summed E-state index contributed by atoms with van der Waals surface area (Å²) in [5, 5.41) is 59.0. The third kappa shape index (κ3) is 9.70. The highest BCUT2D eigenvalue weighted by molar-refractivity contribution is 5.99. The highest BCUT2D eigenvalue weighted by Crippen LogP contribution is 2.22. The van der Waals surface area contributed by atoms with Crippen molar-refractivity contribution in [2.45, 2.75) is 50.6 Å². The van der Waals surface area contributed by atoms with Crippen LogP contribution < -0.4 is 15.5 Å². The number of nitrogens with one attached hydrogen (secondary N) is 4. The predicted octanol–water partition coefficient (Wildman–Crippen LogP) is -0.472. The minimum Gasteiger partial charge on any atom is -0.497 e. The van der Waals surface area contributed by atoms with Crippen molar-refractivity contribution < 1.29 is 39.9 Å². The van der Waals surface area contributed by atoms with Crippen molar-refractivity contribution in [1.82, 2.24) is 15.7 Å². The first kappa shape index (κ1) is 29.5. The monoisotopic (exact) mass is 495 g/mol. The standard InChI is InChI=1S/C16H23N5O.C6H10O7/c1-3-4-5-8-18-16(17)21-20-11-12-10-19-15-7-6-13(22-2)9-14(12)15;7-1-2(8)3(9)4(10)5(11)6(12)13/h6-7,9-11,19H,3-5,8H2,1-2H3,(H3,17,18,21);1-5,8-11H,(H,12,13)/b20-11+;/t;2-,3+,4-,5-/m.0/s1. The molecule has 0 aliphatic rings. The largest absolute Gasteiger partial charge is 0.497 e. The molecule has 0 spiro atoms. The Bertz CT molecular complexity index is 980. The third-order valence-electron chi connectivity index (χ3n) is 4.80. The summed E-state index contributed by atoms with van der Waals surface area (Å²) in [6.45, 7) is 2.95. The molecule has 13 nitrogen and oxygen atoms in total. The average Bonchev–Trinajstić information content (AvgIpc) is 3.27. The van der Waals surface area contributed by atoms with E-state index in [1.165, 1.54) is 12.8 Å². The average molecular weight is 496 g/mol. The van der Waals surface area contributed by atoms with E-state index in [2.05, 4.69) is 27.8 Å². The number of carbonyl (C=O) groups excluding carboxylic acids is 1. The number of rotatable bonds is 12. The maximum absolute atomic E-state index is 10.1. The van der Waals surface area contributed by atoms with Gasteiger partial charge in [0.1, 0.15) is 24.1 Å². The Morgan fingerprint density at radius 2 is 1.94 bits per heavy atom. The van der Waals surface area contributed by atoms with E-state index < -0.39 is 30.4 Å². The first-order valence-corrected chi connectivity index (χ1v) is 10.8. The number of aliphatic hydroxyl groups excluding tert-OH is 4. The molecule has 1 aromatic carbocycles. The van der Waals surface area contributed by atoms with Crippen LogP contribution in [-0.2, 0) is 9.59 Å². The van der Waals surface area contributed by atoms with Crippen molar-refractivity contribution in [1.29, 1.82) is 5.41 Å². The van der Waals surface area contributed by atoms with Gasteiger partial charge in [0.15, 0.2) is 12.4 Å². The van der Waals surface area contributed by atoms with Crippen LogP contribution in [0.3, 0.4) is 0 Å². The van der Waals surface area contributed by atoms with Crippen LogP contribution in [0.15, 0.2) is 29.5 Å². The minimum absolute atomic E-state index is 0.0809. The third-order valence-corrected chi connectivity index (χ3v) is 4.80. The van der Waals surface area contributed by atoms with Gasteiger partial charge in [-0.3, -0.25) is 5.41 Å². The Labute approximate surface area is 201 Å². The van der Waals surface area contributed by atoms with E-state index in [1.807, 2.05) is 24.4 Å². The number of methoxy groups -OCH3 is 1. The number of aldehydes is 1. The van der Waals surface area contributed by atoms with E-state index in [0.717, 1.165) is 35.2 Å². The van der Waals surface area contributed by atoms with Crippen molar-refractivity contribution in [2.75, 3.05) is 13.7 Å². The van der Waals surface area contributed by atoms with Crippen molar-refractivity contribution >= 4 is 35.3 Å². The number of ether oxygens (including phenoxy) is 1. The normalized spacial score (nSPS) is 14.3. The van der Waals surface area contributed by atoms with Gasteiger partial charge in [-0.25, -0.2) is 10.2 Å². The van der Waals surface area contributed by atoms with E-state index in [0.29, 0.717) is 0 Å². The lowest BCUT2D eigenvalue weighted by Crippen LogP contribution is -2.48. The van der Waals surface area contributed by atoms with Gasteiger partial charge in [0.2, 0.25) is 5.96 Å². The van der Waals surface area contributed by atoms with Gasteiger partial charge in [-0.1, -0.05) is 19.8 Å². The number of nitrogens with zero attached hydrogens (tertiary/aromatic N) is 1. The Kier molecular flexibility index (Phi) is 13.0. The lowest BCUT2D eigenvalue weighted by molar-refractivity contribution is -0.163. The number of benzene rings is 1. The highest BCUT2D eigenvalue weighted by atomic mass is 16.5. The maximum atomic E-state index is 10.1. The van der Waals surface area contributed by atoms with Gasteiger partial charge in [0, 0.05) is 29.2 Å². The number of aliphatic hydroxyl groups is 4. The van der Waals surface area contributed by atoms with Crippen LogP contribution in [0.2, 0.25) is 0 Å². The molecule has 1 heterocycles. The topological polar surface area (TPSA) is 221 Å². The first-order valence-electron chi connectivity index (χ1n) is 10.8. The maximum Gasteiger partial charge on any atom is 0.335 e. The molecular weight excluding hydrogens is 462 g/mol. The molecule has 13 heteroatoms. The molecule has 194 valence electrons. The van der Waals surface area contributed by atoms with Crippen molar-refractivity contribution in [3.63, 3.8) is 0 Å². The summed E-state index contributed by atoms with van der Waals surface area (Å²) >= 11 is 0. The number of hydrogen-bond donors (Lipinski definition) is 9. The number of aromatic amines is 1. The summed E-state index contributed by atoms with van der Waals surface area (Å²) < 4.78 is 5.24. The predicted molar refractivity (Wildman–Crippen MR) is 129 cm³/mol. The minimum atomic E-state index is -2.25. The zero-order valence-electron chi connectivity index (χ0n) is 19.5. The molecular formula is C22H33N5O8. The van der Waals surface area contributed by atoms with Gasteiger partial charge in [0.05, 0.1) is 13.3 Å². The number of aliphatic carboxylic acids is 1. The van der Waals surface area contributed by atoms with Crippen LogP contribution in [0.4, 0.5) is 0 Å². The van der Waals surface area contributed by atoms with E-state index in [-0.39, 0.29) is 12.2 Å². The zero-order valence-corrected chi connectivity index (χ0v) is 19.5. The molecule has 0 aliphatic carbocycles. The molecule has 0 bridgehead atoms. The van der Waals surface area contributed by atoms with E-state index in [4.69, 9.17) is 35.7 Å². The van der Waals surface area contributed by atoms with Crippen LogP contribution in [0.1, 0.15) is 31.7 Å². The number of hydrogen-bond acceptors (Lipinski definition) is 9. The fourth-order valence-electron chi connectivity index (χ4n) is 2.76. The van der Waals surface area contributed by atoms with Crippen molar-refractivity contribution in [3.05, 3.63) is 30.0 Å². The quantitative estimate of drug-likeness (QED) is 0.0605. The number of guanidine groups is 1. The molecule has 1 aromatic heterocycles. The molecule has 0 saturated carbocycles. The molecule has 0 radical (unpaired) electrons. The summed E-state index contributed by atoms with van der Waals surface area (Å²) in [7, 11) is 1.65. The van der Waals surface area contributed by atoms with E-state index in [9.17, 15) is 9.59 Å². The molecule has 2 rings (SSSR count). The Hall–Kier alpha value is -3.52. The number of unbranched alkanes of at least 4 members (excludes halogenated alkanes) is 2. The van der Waals surface area contributed by atoms with Gasteiger partial charge in [-0.2, -0.15) is 5.10 Å². The van der Waals surface area contributed by atoms with Crippen molar-refractivity contribution in [3.8, 4) is 5.75 Å². The molecule has 0 fully saturated rings. The zero-order chi connectivity index (χ0) is 26.4. The van der Waals surface area contributed by atoms with Gasteiger partial charge in [-0.15, -0.1) is 0 Å². The van der Waals surface area contributed by atoms with Gasteiger partial charge < -0.3 is 45.4 Å². The molecule has 2 aromatic rings. The number of hydrazone groups is 1.